The summed E-state index contributed by atoms with van der Waals surface area (Å²) in [5.74, 6) is 0. The summed E-state index contributed by atoms with van der Waals surface area (Å²) in [5.41, 5.74) is 0.300. The molecule has 0 bridgehead atoms. The van der Waals surface area contributed by atoms with E-state index in [2.05, 4.69) is 20.9 Å². The first-order valence-corrected chi connectivity index (χ1v) is 8.03. The van der Waals surface area contributed by atoms with Gasteiger partial charge in [-0.3, -0.25) is 4.79 Å². The van der Waals surface area contributed by atoms with Crippen molar-refractivity contribution in [3.8, 4) is 0 Å². The number of halogens is 1. The lowest BCUT2D eigenvalue weighted by molar-refractivity contribution is 0.466. The number of nitrogens with zero attached hydrogens (tertiary/aromatic N) is 1. The molecule has 2 aromatic rings. The van der Waals surface area contributed by atoms with Gasteiger partial charge in [0.15, 0.2) is 0 Å². The molecule has 1 heterocycles. The Bertz CT molecular complexity index is 757. The molecular weight excluding hydrogens is 344 g/mol. The summed E-state index contributed by atoms with van der Waals surface area (Å²) in [6.45, 7) is 0.203. The molecule has 0 saturated heterocycles. The third kappa shape index (κ3) is 3.00. The molecule has 1 N–H and O–H groups in total. The van der Waals surface area contributed by atoms with Crippen LogP contribution in [0, 0.1) is 0 Å². The Morgan fingerprint density at radius 1 is 1.20 bits per heavy atom. The Hall–Kier alpha value is -1.44. The van der Waals surface area contributed by atoms with Crippen molar-refractivity contribution in [2.24, 2.45) is 0 Å². The number of pyridine rings is 1. The summed E-state index contributed by atoms with van der Waals surface area (Å²) in [5, 5.41) is 0. The fraction of sp³-hybridized carbons (Fsp3) is 0.154. The number of hydrogen-bond donors (Lipinski definition) is 1. The molecule has 0 saturated carbocycles. The van der Waals surface area contributed by atoms with Crippen LogP contribution in [0.25, 0.3) is 0 Å². The zero-order chi connectivity index (χ0) is 14.8. The number of hydrogen-bond acceptors (Lipinski definition) is 3. The summed E-state index contributed by atoms with van der Waals surface area (Å²) in [6, 6.07) is 9.19. The molecule has 2 rings (SSSR count). The predicted octanol–water partition coefficient (Wildman–Crippen LogP) is 1.96. The second-order valence-electron chi connectivity index (χ2n) is 4.24. The molecule has 20 heavy (non-hydrogen) atoms. The van der Waals surface area contributed by atoms with Crippen LogP contribution in [-0.4, -0.2) is 24.8 Å². The van der Waals surface area contributed by atoms with Crippen molar-refractivity contribution >= 4 is 26.0 Å². The number of aromatic amines is 1. The minimum absolute atomic E-state index is 0.187. The summed E-state index contributed by atoms with van der Waals surface area (Å²) in [4.78, 5) is 14.3. The van der Waals surface area contributed by atoms with Crippen LogP contribution in [0.15, 0.2) is 56.9 Å². The van der Waals surface area contributed by atoms with Gasteiger partial charge in [-0.2, -0.15) is 4.31 Å². The molecule has 7 heteroatoms. The Balaban J connectivity index is 2.35. The van der Waals surface area contributed by atoms with Gasteiger partial charge in [-0.05, 0) is 21.5 Å². The van der Waals surface area contributed by atoms with E-state index in [-0.39, 0.29) is 15.9 Å². The molecular formula is C13H13BrN2O3S. The van der Waals surface area contributed by atoms with Gasteiger partial charge in [0.25, 0.3) is 0 Å². The van der Waals surface area contributed by atoms with Gasteiger partial charge in [0.1, 0.15) is 4.90 Å². The van der Waals surface area contributed by atoms with Crippen LogP contribution in [0.4, 0.5) is 0 Å². The van der Waals surface area contributed by atoms with Crippen molar-refractivity contribution in [1.82, 2.24) is 9.29 Å². The average Bonchev–Trinajstić information content (AvgIpc) is 2.42. The van der Waals surface area contributed by atoms with E-state index in [1.165, 1.54) is 19.4 Å². The molecule has 0 unspecified atom stereocenters. The molecule has 106 valence electrons. The minimum atomic E-state index is -3.83. The highest BCUT2D eigenvalue weighted by molar-refractivity contribution is 9.10. The van der Waals surface area contributed by atoms with E-state index < -0.39 is 15.5 Å². The average molecular weight is 357 g/mol. The lowest BCUT2D eigenvalue weighted by Crippen LogP contribution is -2.30. The number of benzene rings is 1. The molecule has 0 aliphatic rings. The zero-order valence-electron chi connectivity index (χ0n) is 10.7. The number of H-pyrrole nitrogens is 1. The molecule has 1 aromatic heterocycles. The third-order valence-electron chi connectivity index (χ3n) is 2.80. The van der Waals surface area contributed by atoms with Gasteiger partial charge in [0.2, 0.25) is 15.5 Å². The molecule has 0 radical (unpaired) electrons. The highest BCUT2D eigenvalue weighted by Crippen LogP contribution is 2.14. The Labute approximate surface area is 125 Å². The fourth-order valence-electron chi connectivity index (χ4n) is 1.72. The number of nitrogens with one attached hydrogen (secondary N) is 1. The maximum atomic E-state index is 12.4. The lowest BCUT2D eigenvalue weighted by Gasteiger charge is -2.16. The van der Waals surface area contributed by atoms with Crippen LogP contribution in [0.1, 0.15) is 5.56 Å². The first-order valence-electron chi connectivity index (χ1n) is 5.80. The summed E-state index contributed by atoms with van der Waals surface area (Å²) >= 11 is 3.03. The highest BCUT2D eigenvalue weighted by atomic mass is 79.9. The molecule has 0 amide bonds. The monoisotopic (exact) mass is 356 g/mol. The van der Waals surface area contributed by atoms with Crippen LogP contribution in [0.2, 0.25) is 0 Å². The number of rotatable bonds is 4. The maximum Gasteiger partial charge on any atom is 0.248 e. The molecule has 5 nitrogen and oxygen atoms in total. The SMILES string of the molecule is CN(Cc1ccccc1)S(=O)(=O)c1c[nH]cc(Br)c1=O. The third-order valence-corrected chi connectivity index (χ3v) is 5.20. The van der Waals surface area contributed by atoms with E-state index >= 15 is 0 Å². The van der Waals surface area contributed by atoms with Crippen LogP contribution in [-0.2, 0) is 16.6 Å². The summed E-state index contributed by atoms with van der Waals surface area (Å²) in [7, 11) is -2.38. The smallest absolute Gasteiger partial charge is 0.248 e. The number of sulfonamides is 1. The molecule has 0 atom stereocenters. The van der Waals surface area contributed by atoms with Gasteiger partial charge in [0, 0.05) is 26.0 Å². The first kappa shape index (κ1) is 15.0. The highest BCUT2D eigenvalue weighted by Gasteiger charge is 2.24. The maximum absolute atomic E-state index is 12.4. The van der Waals surface area contributed by atoms with Crippen molar-refractivity contribution in [2.75, 3.05) is 7.05 Å². The molecule has 0 fully saturated rings. The van der Waals surface area contributed by atoms with E-state index in [0.717, 1.165) is 9.87 Å². The van der Waals surface area contributed by atoms with Gasteiger partial charge in [0.05, 0.1) is 4.47 Å². The van der Waals surface area contributed by atoms with Crippen molar-refractivity contribution < 1.29 is 8.42 Å². The largest absolute Gasteiger partial charge is 0.365 e. The predicted molar refractivity (Wildman–Crippen MR) is 79.9 cm³/mol. The van der Waals surface area contributed by atoms with E-state index in [4.69, 9.17) is 0 Å². The van der Waals surface area contributed by atoms with Crippen LogP contribution in [0.5, 0.6) is 0 Å². The van der Waals surface area contributed by atoms with Crippen molar-refractivity contribution in [3.63, 3.8) is 0 Å². The van der Waals surface area contributed by atoms with E-state index in [1.807, 2.05) is 30.3 Å². The van der Waals surface area contributed by atoms with E-state index in [9.17, 15) is 13.2 Å². The van der Waals surface area contributed by atoms with Crippen LogP contribution in [0.3, 0.4) is 0 Å². The Kier molecular flexibility index (Phi) is 4.42. The minimum Gasteiger partial charge on any atom is -0.365 e. The van der Waals surface area contributed by atoms with Crippen molar-refractivity contribution in [2.45, 2.75) is 11.4 Å². The topological polar surface area (TPSA) is 70.2 Å². The van der Waals surface area contributed by atoms with Gasteiger partial charge < -0.3 is 4.98 Å². The van der Waals surface area contributed by atoms with Crippen LogP contribution >= 0.6 is 15.9 Å². The number of aromatic nitrogens is 1. The van der Waals surface area contributed by atoms with Crippen LogP contribution < -0.4 is 5.43 Å². The van der Waals surface area contributed by atoms with E-state index in [0.29, 0.717) is 0 Å². The standard InChI is InChI=1S/C13H13BrN2O3S/c1-16(9-10-5-3-2-4-6-10)20(18,19)12-8-15-7-11(14)13(12)17/h2-8H,9H2,1H3,(H,15,17). The molecule has 0 aliphatic heterocycles. The lowest BCUT2D eigenvalue weighted by atomic mass is 10.2. The fourth-order valence-corrected chi connectivity index (χ4v) is 3.42. The van der Waals surface area contributed by atoms with Gasteiger partial charge in [-0.15, -0.1) is 0 Å². The second-order valence-corrected chi connectivity index (χ2v) is 7.11. The van der Waals surface area contributed by atoms with Crippen molar-refractivity contribution in [1.29, 1.82) is 0 Å². The van der Waals surface area contributed by atoms with Crippen molar-refractivity contribution in [3.05, 3.63) is 63.0 Å². The van der Waals surface area contributed by atoms with Gasteiger partial charge in [-0.1, -0.05) is 30.3 Å². The molecule has 0 aliphatic carbocycles. The molecule has 0 spiro atoms. The Morgan fingerprint density at radius 2 is 1.85 bits per heavy atom. The van der Waals surface area contributed by atoms with Gasteiger partial charge >= 0.3 is 0 Å². The second kappa shape index (κ2) is 5.90. The first-order chi connectivity index (χ1) is 9.43. The normalized spacial score (nSPS) is 11.8. The van der Waals surface area contributed by atoms with E-state index in [1.54, 1.807) is 0 Å². The Morgan fingerprint density at radius 3 is 2.50 bits per heavy atom. The zero-order valence-corrected chi connectivity index (χ0v) is 13.1. The quantitative estimate of drug-likeness (QED) is 0.910. The molecule has 1 aromatic carbocycles. The summed E-state index contributed by atoms with van der Waals surface area (Å²) < 4.78 is 26.1. The van der Waals surface area contributed by atoms with Gasteiger partial charge in [-0.25, -0.2) is 8.42 Å². The summed E-state index contributed by atoms with van der Waals surface area (Å²) in [6.07, 6.45) is 2.60.